The maximum absolute atomic E-state index is 5.41. The number of nitrogens with zero attached hydrogens (tertiary/aromatic N) is 2. The molecule has 0 saturated carbocycles. The van der Waals surface area contributed by atoms with Crippen LogP contribution in [0.1, 0.15) is 33.3 Å². The molecule has 2 rings (SSSR count). The van der Waals surface area contributed by atoms with E-state index >= 15 is 0 Å². The molecule has 4 nitrogen and oxygen atoms in total. The fourth-order valence-electron chi connectivity index (χ4n) is 2.89. The number of morpholine rings is 1. The third kappa shape index (κ3) is 6.16. The fourth-order valence-corrected chi connectivity index (χ4v) is 5.05. The van der Waals surface area contributed by atoms with Crippen molar-refractivity contribution >= 4 is 13.9 Å². The highest BCUT2D eigenvalue weighted by atomic mass is 31.1. The molecule has 0 aromatic heterocycles. The van der Waals surface area contributed by atoms with E-state index in [1.807, 2.05) is 0 Å². The van der Waals surface area contributed by atoms with E-state index < -0.39 is 0 Å². The Kier molecular flexibility index (Phi) is 8.17. The average Bonchev–Trinajstić information content (AvgIpc) is 2.59. The Morgan fingerprint density at radius 2 is 1.75 bits per heavy atom. The van der Waals surface area contributed by atoms with Crippen molar-refractivity contribution in [1.29, 1.82) is 0 Å². The van der Waals surface area contributed by atoms with Crippen LogP contribution in [0.5, 0.6) is 0 Å². The molecule has 1 heterocycles. The van der Waals surface area contributed by atoms with Gasteiger partial charge in [0.2, 0.25) is 0 Å². The van der Waals surface area contributed by atoms with Crippen molar-refractivity contribution in [2.75, 3.05) is 39.4 Å². The van der Waals surface area contributed by atoms with Gasteiger partial charge < -0.3 is 9.82 Å². The third-order valence-corrected chi connectivity index (χ3v) is 6.88. The van der Waals surface area contributed by atoms with Gasteiger partial charge in [-0.25, -0.2) is 0 Å². The predicted molar refractivity (Wildman–Crippen MR) is 105 cm³/mol. The second-order valence-electron chi connectivity index (χ2n) is 6.76. The molecule has 1 aromatic carbocycles. The van der Waals surface area contributed by atoms with Crippen molar-refractivity contribution in [3.8, 4) is 0 Å². The summed E-state index contributed by atoms with van der Waals surface area (Å²) in [6, 6.07) is 10.5. The Hall–Kier alpha value is -0.960. The number of rotatable bonds is 7. The number of hydrogen-bond acceptors (Lipinski definition) is 3. The molecule has 0 spiro atoms. The molecule has 24 heavy (non-hydrogen) atoms. The number of nitrogens with one attached hydrogen (secondary N) is 1. The van der Waals surface area contributed by atoms with Gasteiger partial charge in [-0.15, -0.1) is 0 Å². The summed E-state index contributed by atoms with van der Waals surface area (Å²) in [7, 11) is -0.287. The van der Waals surface area contributed by atoms with Crippen molar-refractivity contribution in [1.82, 2.24) is 9.99 Å². The first-order valence-corrected chi connectivity index (χ1v) is 10.5. The minimum absolute atomic E-state index is 0.287. The van der Waals surface area contributed by atoms with Crippen molar-refractivity contribution in [2.24, 2.45) is 4.99 Å². The summed E-state index contributed by atoms with van der Waals surface area (Å²) in [5.41, 5.74) is 2.45. The molecule has 1 saturated heterocycles. The molecule has 1 N–H and O–H groups in total. The summed E-state index contributed by atoms with van der Waals surface area (Å²) >= 11 is 0. The van der Waals surface area contributed by atoms with Crippen LogP contribution in [0.4, 0.5) is 0 Å². The van der Waals surface area contributed by atoms with Gasteiger partial charge in [0.05, 0.1) is 19.8 Å². The lowest BCUT2D eigenvalue weighted by atomic mass is 10.2. The zero-order valence-corrected chi connectivity index (χ0v) is 16.4. The summed E-state index contributed by atoms with van der Waals surface area (Å²) < 4.78 is 5.41. The van der Waals surface area contributed by atoms with Gasteiger partial charge in [0.1, 0.15) is 5.84 Å². The molecule has 5 heteroatoms. The lowest BCUT2D eigenvalue weighted by molar-refractivity contribution is 0.0394. The van der Waals surface area contributed by atoms with Crippen molar-refractivity contribution < 1.29 is 4.74 Å². The lowest BCUT2D eigenvalue weighted by Crippen LogP contribution is -2.38. The first kappa shape index (κ1) is 19.4. The first-order valence-electron chi connectivity index (χ1n) is 9.03. The van der Waals surface area contributed by atoms with Gasteiger partial charge in [-0.2, -0.15) is 0 Å². The highest BCUT2D eigenvalue weighted by molar-refractivity contribution is 7.57. The average molecular weight is 349 g/mol. The minimum atomic E-state index is -0.287. The van der Waals surface area contributed by atoms with Crippen molar-refractivity contribution in [3.63, 3.8) is 0 Å². The molecule has 0 amide bonds. The van der Waals surface area contributed by atoms with E-state index in [9.17, 15) is 0 Å². The van der Waals surface area contributed by atoms with Crippen molar-refractivity contribution in [3.05, 3.63) is 35.9 Å². The highest BCUT2D eigenvalue weighted by Crippen LogP contribution is 2.41. The van der Waals surface area contributed by atoms with E-state index in [2.05, 4.69) is 68.0 Å². The van der Waals surface area contributed by atoms with Gasteiger partial charge in [-0.3, -0.25) is 9.89 Å². The standard InChI is InChI=1S/C19H32N3OP/c1-16(2)24(17(3)4)21-19(18-8-6-5-7-9-18)20-10-11-22-12-14-23-15-13-22/h5-9,16-17H,10-15H2,1-4H3,(H,20,21). The number of aliphatic imine (C=N–C) groups is 1. The fraction of sp³-hybridized carbons (Fsp3) is 0.632. The van der Waals surface area contributed by atoms with Crippen LogP contribution < -0.4 is 5.09 Å². The lowest BCUT2D eigenvalue weighted by Gasteiger charge is -2.29. The quantitative estimate of drug-likeness (QED) is 0.464. The number of hydrogen-bond donors (Lipinski definition) is 1. The zero-order chi connectivity index (χ0) is 17.4. The Morgan fingerprint density at radius 3 is 2.33 bits per heavy atom. The van der Waals surface area contributed by atoms with E-state index in [0.717, 1.165) is 45.2 Å². The maximum atomic E-state index is 5.41. The number of amidine groups is 1. The topological polar surface area (TPSA) is 36.9 Å². The smallest absolute Gasteiger partial charge is 0.131 e. The monoisotopic (exact) mass is 349 g/mol. The third-order valence-electron chi connectivity index (χ3n) is 4.18. The van der Waals surface area contributed by atoms with Crippen molar-refractivity contribution in [2.45, 2.75) is 39.0 Å². The van der Waals surface area contributed by atoms with E-state index in [1.165, 1.54) is 5.56 Å². The van der Waals surface area contributed by atoms with Crippen LogP contribution in [0, 0.1) is 0 Å². The van der Waals surface area contributed by atoms with Gasteiger partial charge in [0, 0.05) is 25.2 Å². The largest absolute Gasteiger partial charge is 0.379 e. The molecule has 1 fully saturated rings. The zero-order valence-electron chi connectivity index (χ0n) is 15.5. The van der Waals surface area contributed by atoms with E-state index in [4.69, 9.17) is 9.73 Å². The molecular formula is C19H32N3OP. The van der Waals surface area contributed by atoms with Crippen LogP contribution in [-0.2, 0) is 4.74 Å². The molecule has 0 unspecified atom stereocenters. The summed E-state index contributed by atoms with van der Waals surface area (Å²) in [5, 5.41) is 3.78. The maximum Gasteiger partial charge on any atom is 0.131 e. The number of ether oxygens (including phenoxy) is 1. The van der Waals surface area contributed by atoms with Crippen LogP contribution in [0.25, 0.3) is 0 Å². The van der Waals surface area contributed by atoms with Crippen LogP contribution in [0.3, 0.4) is 0 Å². The second kappa shape index (κ2) is 10.1. The van der Waals surface area contributed by atoms with E-state index in [0.29, 0.717) is 11.3 Å². The molecule has 0 aliphatic carbocycles. The van der Waals surface area contributed by atoms with Gasteiger partial charge in [-0.05, 0) is 19.4 Å². The normalized spacial score (nSPS) is 17.0. The highest BCUT2D eigenvalue weighted by Gasteiger charge is 2.19. The second-order valence-corrected chi connectivity index (χ2v) is 9.86. The Morgan fingerprint density at radius 1 is 1.12 bits per heavy atom. The van der Waals surface area contributed by atoms with Crippen LogP contribution in [0.2, 0.25) is 0 Å². The van der Waals surface area contributed by atoms with Crippen LogP contribution in [-0.4, -0.2) is 61.4 Å². The molecule has 134 valence electrons. The molecular weight excluding hydrogens is 317 g/mol. The summed E-state index contributed by atoms with van der Waals surface area (Å²) in [4.78, 5) is 7.37. The number of benzene rings is 1. The Bertz CT molecular complexity index is 491. The molecule has 0 atom stereocenters. The van der Waals surface area contributed by atoms with Crippen LogP contribution >= 0.6 is 8.07 Å². The van der Waals surface area contributed by atoms with E-state index in [-0.39, 0.29) is 8.07 Å². The minimum Gasteiger partial charge on any atom is -0.379 e. The summed E-state index contributed by atoms with van der Waals surface area (Å²) in [6.07, 6.45) is 0. The SMILES string of the molecule is CC(C)P(NC(=NCCN1CCOCC1)c1ccccc1)C(C)C. The van der Waals surface area contributed by atoms with Gasteiger partial charge in [-0.1, -0.05) is 58.0 Å². The summed E-state index contributed by atoms with van der Waals surface area (Å²) in [6.45, 7) is 14.8. The molecule has 1 aromatic rings. The Balaban J connectivity index is 2.05. The Labute approximate surface area is 148 Å². The summed E-state index contributed by atoms with van der Waals surface area (Å²) in [5.74, 6) is 1.05. The van der Waals surface area contributed by atoms with E-state index in [1.54, 1.807) is 0 Å². The van der Waals surface area contributed by atoms with Crippen LogP contribution in [0.15, 0.2) is 35.3 Å². The molecule has 1 aliphatic rings. The van der Waals surface area contributed by atoms with Gasteiger partial charge in [0.15, 0.2) is 0 Å². The molecule has 0 radical (unpaired) electrons. The molecule has 1 aliphatic heterocycles. The predicted octanol–water partition coefficient (Wildman–Crippen LogP) is 3.57. The molecule has 0 bridgehead atoms. The van der Waals surface area contributed by atoms with Gasteiger partial charge >= 0.3 is 0 Å². The van der Waals surface area contributed by atoms with Gasteiger partial charge in [0.25, 0.3) is 0 Å². The first-order chi connectivity index (χ1) is 11.6.